The lowest BCUT2D eigenvalue weighted by Gasteiger charge is -2.42. The number of ketones is 1. The summed E-state index contributed by atoms with van der Waals surface area (Å²) in [5.74, 6) is -0.0762. The normalized spacial score (nSPS) is 27.4. The summed E-state index contributed by atoms with van der Waals surface area (Å²) >= 11 is 0. The highest BCUT2D eigenvalue weighted by Crippen LogP contribution is 2.43. The van der Waals surface area contributed by atoms with E-state index in [1.807, 2.05) is 19.9 Å². The lowest BCUT2D eigenvalue weighted by atomic mass is 9.62. The number of carbonyl (C=O) groups is 2. The summed E-state index contributed by atoms with van der Waals surface area (Å²) in [6.45, 7) is 4.19. The van der Waals surface area contributed by atoms with Crippen molar-refractivity contribution in [2.75, 3.05) is 6.61 Å². The standard InChI is InChI=1S/C14H16O3/c1-10-12(15)8-14(10,2)9-17-13(16)11-6-4-3-5-7-11/h3-7,10H,8-9H2,1-2H3/t10-,14+/m0/s1. The highest BCUT2D eigenvalue weighted by Gasteiger charge is 2.47. The Balaban J connectivity index is 1.92. The Kier molecular flexibility index (Phi) is 3.01. The molecule has 1 aromatic rings. The van der Waals surface area contributed by atoms with Gasteiger partial charge in [-0.2, -0.15) is 0 Å². The first-order valence-corrected chi connectivity index (χ1v) is 5.78. The number of esters is 1. The Morgan fingerprint density at radius 2 is 2.06 bits per heavy atom. The fourth-order valence-corrected chi connectivity index (χ4v) is 2.03. The molecule has 0 aromatic heterocycles. The zero-order chi connectivity index (χ0) is 12.5. The van der Waals surface area contributed by atoms with Crippen molar-refractivity contribution in [1.82, 2.24) is 0 Å². The molecule has 0 saturated heterocycles. The maximum absolute atomic E-state index is 11.7. The number of rotatable bonds is 3. The maximum atomic E-state index is 11.7. The van der Waals surface area contributed by atoms with Gasteiger partial charge in [-0.3, -0.25) is 4.79 Å². The number of ether oxygens (including phenoxy) is 1. The van der Waals surface area contributed by atoms with Crippen molar-refractivity contribution in [2.24, 2.45) is 11.3 Å². The van der Waals surface area contributed by atoms with Gasteiger partial charge >= 0.3 is 5.97 Å². The summed E-state index contributed by atoms with van der Waals surface area (Å²) in [7, 11) is 0. The SMILES string of the molecule is C[C@H]1C(=O)C[C@]1(C)COC(=O)c1ccccc1. The fourth-order valence-electron chi connectivity index (χ4n) is 2.03. The minimum atomic E-state index is -0.321. The summed E-state index contributed by atoms with van der Waals surface area (Å²) < 4.78 is 5.26. The lowest BCUT2D eigenvalue weighted by Crippen LogP contribution is -2.48. The molecule has 0 heterocycles. The van der Waals surface area contributed by atoms with Crippen molar-refractivity contribution in [1.29, 1.82) is 0 Å². The molecule has 0 bridgehead atoms. The van der Waals surface area contributed by atoms with Crippen LogP contribution in [0, 0.1) is 11.3 Å². The first kappa shape index (κ1) is 11.8. The molecule has 0 N–H and O–H groups in total. The molecule has 90 valence electrons. The van der Waals surface area contributed by atoms with Crippen LogP contribution in [0.5, 0.6) is 0 Å². The van der Waals surface area contributed by atoms with Crippen LogP contribution < -0.4 is 0 Å². The molecule has 1 aromatic carbocycles. The molecule has 0 amide bonds. The Labute approximate surface area is 101 Å². The Hall–Kier alpha value is -1.64. The zero-order valence-corrected chi connectivity index (χ0v) is 10.1. The van der Waals surface area contributed by atoms with Crippen LogP contribution in [0.25, 0.3) is 0 Å². The van der Waals surface area contributed by atoms with Crippen LogP contribution in [0.1, 0.15) is 30.6 Å². The van der Waals surface area contributed by atoms with E-state index in [1.54, 1.807) is 24.3 Å². The van der Waals surface area contributed by atoms with Crippen LogP contribution in [-0.4, -0.2) is 18.4 Å². The van der Waals surface area contributed by atoms with E-state index >= 15 is 0 Å². The number of hydrogen-bond donors (Lipinski definition) is 0. The second-order valence-corrected chi connectivity index (χ2v) is 4.96. The minimum Gasteiger partial charge on any atom is -0.461 e. The molecule has 0 aliphatic heterocycles. The predicted octanol–water partition coefficient (Wildman–Crippen LogP) is 2.46. The van der Waals surface area contributed by atoms with Crippen molar-refractivity contribution in [2.45, 2.75) is 20.3 Å². The van der Waals surface area contributed by atoms with Crippen LogP contribution in [0.2, 0.25) is 0 Å². The van der Waals surface area contributed by atoms with Crippen molar-refractivity contribution in [3.05, 3.63) is 35.9 Å². The highest BCUT2D eigenvalue weighted by molar-refractivity contribution is 5.90. The van der Waals surface area contributed by atoms with Gasteiger partial charge < -0.3 is 4.74 Å². The van der Waals surface area contributed by atoms with Crippen molar-refractivity contribution < 1.29 is 14.3 Å². The van der Waals surface area contributed by atoms with Crippen LogP contribution in [0.4, 0.5) is 0 Å². The quantitative estimate of drug-likeness (QED) is 0.752. The molecule has 0 radical (unpaired) electrons. The van der Waals surface area contributed by atoms with Gasteiger partial charge in [0.15, 0.2) is 0 Å². The van der Waals surface area contributed by atoms with Gasteiger partial charge in [0, 0.05) is 17.8 Å². The largest absolute Gasteiger partial charge is 0.461 e. The zero-order valence-electron chi connectivity index (χ0n) is 10.1. The van der Waals surface area contributed by atoms with Crippen molar-refractivity contribution >= 4 is 11.8 Å². The summed E-state index contributed by atoms with van der Waals surface area (Å²) in [4.78, 5) is 22.9. The molecule has 1 fully saturated rings. The van der Waals surface area contributed by atoms with Gasteiger partial charge in [0.25, 0.3) is 0 Å². The molecular weight excluding hydrogens is 216 g/mol. The fraction of sp³-hybridized carbons (Fsp3) is 0.429. The monoisotopic (exact) mass is 232 g/mol. The third-order valence-electron chi connectivity index (χ3n) is 3.65. The van der Waals surface area contributed by atoms with Gasteiger partial charge in [-0.1, -0.05) is 32.0 Å². The molecule has 2 rings (SSSR count). The molecule has 0 unspecified atom stereocenters. The Bertz CT molecular complexity index is 438. The summed E-state index contributed by atoms with van der Waals surface area (Å²) in [6, 6.07) is 8.90. The molecule has 3 nitrogen and oxygen atoms in total. The second kappa shape index (κ2) is 4.32. The topological polar surface area (TPSA) is 43.4 Å². The average molecular weight is 232 g/mol. The average Bonchev–Trinajstić information content (AvgIpc) is 2.36. The maximum Gasteiger partial charge on any atom is 0.338 e. The number of Topliss-reactive ketones (excluding diaryl/α,β-unsaturated/α-hetero) is 1. The lowest BCUT2D eigenvalue weighted by molar-refractivity contribution is -0.144. The number of benzene rings is 1. The van der Waals surface area contributed by atoms with Crippen LogP contribution in [0.15, 0.2) is 30.3 Å². The van der Waals surface area contributed by atoms with Crippen LogP contribution in [0.3, 0.4) is 0 Å². The third kappa shape index (κ3) is 2.23. The van der Waals surface area contributed by atoms with Crippen molar-refractivity contribution in [3.8, 4) is 0 Å². The van der Waals surface area contributed by atoms with E-state index in [4.69, 9.17) is 4.74 Å². The first-order chi connectivity index (χ1) is 8.03. The van der Waals surface area contributed by atoms with E-state index in [-0.39, 0.29) is 23.1 Å². The van der Waals surface area contributed by atoms with E-state index in [9.17, 15) is 9.59 Å². The van der Waals surface area contributed by atoms with Crippen LogP contribution in [-0.2, 0) is 9.53 Å². The summed E-state index contributed by atoms with van der Waals surface area (Å²) in [5.41, 5.74) is 0.371. The molecule has 3 heteroatoms. The molecular formula is C14H16O3. The summed E-state index contributed by atoms with van der Waals surface area (Å²) in [6.07, 6.45) is 0.510. The van der Waals surface area contributed by atoms with Crippen molar-refractivity contribution in [3.63, 3.8) is 0 Å². The van der Waals surface area contributed by atoms with Gasteiger partial charge in [0.2, 0.25) is 0 Å². The summed E-state index contributed by atoms with van der Waals surface area (Å²) in [5, 5.41) is 0. The first-order valence-electron chi connectivity index (χ1n) is 5.78. The van der Waals surface area contributed by atoms with E-state index < -0.39 is 0 Å². The molecule has 2 atom stereocenters. The molecule has 1 aliphatic carbocycles. The van der Waals surface area contributed by atoms with E-state index in [0.29, 0.717) is 18.6 Å². The second-order valence-electron chi connectivity index (χ2n) is 4.96. The smallest absolute Gasteiger partial charge is 0.338 e. The van der Waals surface area contributed by atoms with Gasteiger partial charge in [-0.25, -0.2) is 4.79 Å². The predicted molar refractivity (Wildman–Crippen MR) is 63.6 cm³/mol. The van der Waals surface area contributed by atoms with E-state index in [0.717, 1.165) is 0 Å². The third-order valence-corrected chi connectivity index (χ3v) is 3.65. The van der Waals surface area contributed by atoms with Gasteiger partial charge in [0.1, 0.15) is 5.78 Å². The molecule has 0 spiro atoms. The van der Waals surface area contributed by atoms with E-state index in [1.165, 1.54) is 0 Å². The van der Waals surface area contributed by atoms with Gasteiger partial charge in [-0.05, 0) is 12.1 Å². The minimum absolute atomic E-state index is 0.00827. The van der Waals surface area contributed by atoms with Gasteiger partial charge in [0.05, 0.1) is 12.2 Å². The Morgan fingerprint density at radius 3 is 2.59 bits per heavy atom. The van der Waals surface area contributed by atoms with Gasteiger partial charge in [-0.15, -0.1) is 0 Å². The molecule has 1 aliphatic rings. The molecule has 17 heavy (non-hydrogen) atoms. The molecule has 1 saturated carbocycles. The van der Waals surface area contributed by atoms with E-state index in [2.05, 4.69) is 0 Å². The Morgan fingerprint density at radius 1 is 1.41 bits per heavy atom. The highest BCUT2D eigenvalue weighted by atomic mass is 16.5. The number of carbonyl (C=O) groups excluding carboxylic acids is 2. The number of hydrogen-bond acceptors (Lipinski definition) is 3. The van der Waals surface area contributed by atoms with Crippen LogP contribution >= 0.6 is 0 Å².